The number of aryl methyl sites for hydroxylation is 1. The number of hydrogen-bond acceptors (Lipinski definition) is 5. The van der Waals surface area contributed by atoms with Crippen LogP contribution in [-0.2, 0) is 11.3 Å². The van der Waals surface area contributed by atoms with Crippen molar-refractivity contribution in [3.05, 3.63) is 92.0 Å². The minimum atomic E-state index is -0.447. The number of benzene rings is 3. The van der Waals surface area contributed by atoms with E-state index >= 15 is 0 Å². The highest BCUT2D eigenvalue weighted by atomic mass is 35.5. The highest BCUT2D eigenvalue weighted by Gasteiger charge is 2.09. The molecular formula is C22H19Cl2N3O4. The molecule has 3 rings (SSSR count). The van der Waals surface area contributed by atoms with Gasteiger partial charge in [0.15, 0.2) is 6.61 Å². The number of amides is 1. The van der Waals surface area contributed by atoms with Crippen LogP contribution in [0.2, 0.25) is 10.0 Å². The van der Waals surface area contributed by atoms with Crippen LogP contribution in [0.1, 0.15) is 11.1 Å². The maximum Gasteiger partial charge on any atom is 0.271 e. The molecule has 9 heteroatoms. The van der Waals surface area contributed by atoms with Gasteiger partial charge in [0, 0.05) is 35.1 Å². The molecule has 0 aliphatic carbocycles. The summed E-state index contributed by atoms with van der Waals surface area (Å²) in [5.74, 6) is 0.0326. The molecule has 0 aliphatic heterocycles. The quantitative estimate of drug-likeness (QED) is 0.326. The maximum atomic E-state index is 12.1. The monoisotopic (exact) mass is 459 g/mol. The molecule has 7 nitrogen and oxygen atoms in total. The zero-order valence-corrected chi connectivity index (χ0v) is 18.0. The highest BCUT2D eigenvalue weighted by Crippen LogP contribution is 2.26. The minimum Gasteiger partial charge on any atom is -0.482 e. The fourth-order valence-electron chi connectivity index (χ4n) is 2.72. The van der Waals surface area contributed by atoms with Gasteiger partial charge in [0.05, 0.1) is 9.95 Å². The lowest BCUT2D eigenvalue weighted by atomic mass is 10.2. The van der Waals surface area contributed by atoms with Crippen molar-refractivity contribution < 1.29 is 14.5 Å². The molecule has 0 heterocycles. The predicted molar refractivity (Wildman–Crippen MR) is 122 cm³/mol. The molecule has 2 N–H and O–H groups in total. The molecule has 0 bridgehead atoms. The van der Waals surface area contributed by atoms with Crippen LogP contribution in [0.4, 0.5) is 17.1 Å². The van der Waals surface area contributed by atoms with E-state index in [-0.39, 0.29) is 18.2 Å². The molecule has 3 aromatic rings. The normalized spacial score (nSPS) is 10.4. The SMILES string of the molecule is Cc1ccc(NC(=O)COc2ccc(CNc3cccc([N+](=O)[O-])c3)cc2Cl)cc1Cl. The van der Waals surface area contributed by atoms with E-state index in [9.17, 15) is 14.9 Å². The lowest BCUT2D eigenvalue weighted by molar-refractivity contribution is -0.384. The summed E-state index contributed by atoms with van der Waals surface area (Å²) in [7, 11) is 0. The molecule has 0 unspecified atom stereocenters. The number of nitrogens with zero attached hydrogens (tertiary/aromatic N) is 1. The Morgan fingerprint density at radius 2 is 1.84 bits per heavy atom. The smallest absolute Gasteiger partial charge is 0.271 e. The van der Waals surface area contributed by atoms with Gasteiger partial charge in [0.25, 0.3) is 11.6 Å². The Kier molecular flexibility index (Phi) is 7.33. The first-order chi connectivity index (χ1) is 14.8. The summed E-state index contributed by atoms with van der Waals surface area (Å²) < 4.78 is 5.51. The molecular weight excluding hydrogens is 441 g/mol. The second kappa shape index (κ2) is 10.1. The molecule has 31 heavy (non-hydrogen) atoms. The average Bonchev–Trinajstić information content (AvgIpc) is 2.74. The van der Waals surface area contributed by atoms with Crippen molar-refractivity contribution in [1.82, 2.24) is 0 Å². The van der Waals surface area contributed by atoms with Crippen LogP contribution < -0.4 is 15.4 Å². The van der Waals surface area contributed by atoms with Gasteiger partial charge in [-0.1, -0.05) is 41.4 Å². The third-order valence-corrected chi connectivity index (χ3v) is 5.07. The molecule has 0 spiro atoms. The van der Waals surface area contributed by atoms with E-state index in [1.54, 1.807) is 42.5 Å². The van der Waals surface area contributed by atoms with Crippen LogP contribution in [-0.4, -0.2) is 17.4 Å². The van der Waals surface area contributed by atoms with Crippen molar-refractivity contribution in [3.63, 3.8) is 0 Å². The lowest BCUT2D eigenvalue weighted by Crippen LogP contribution is -2.20. The van der Waals surface area contributed by atoms with Gasteiger partial charge in [0.1, 0.15) is 5.75 Å². The highest BCUT2D eigenvalue weighted by molar-refractivity contribution is 6.32. The van der Waals surface area contributed by atoms with E-state index in [2.05, 4.69) is 10.6 Å². The van der Waals surface area contributed by atoms with Gasteiger partial charge < -0.3 is 15.4 Å². The Labute approximate surface area is 189 Å². The van der Waals surface area contributed by atoms with Crippen LogP contribution in [0.25, 0.3) is 0 Å². The fraction of sp³-hybridized carbons (Fsp3) is 0.136. The number of rotatable bonds is 8. The van der Waals surface area contributed by atoms with Crippen molar-refractivity contribution in [2.75, 3.05) is 17.2 Å². The van der Waals surface area contributed by atoms with E-state index in [0.29, 0.717) is 33.7 Å². The number of anilines is 2. The second-order valence-corrected chi connectivity index (χ2v) is 7.54. The summed E-state index contributed by atoms with van der Waals surface area (Å²) in [5.41, 5.74) is 2.99. The van der Waals surface area contributed by atoms with Crippen molar-refractivity contribution in [2.45, 2.75) is 13.5 Å². The first kappa shape index (κ1) is 22.4. The Bertz CT molecular complexity index is 1120. The van der Waals surface area contributed by atoms with Crippen molar-refractivity contribution >= 4 is 46.2 Å². The van der Waals surface area contributed by atoms with Crippen molar-refractivity contribution in [1.29, 1.82) is 0 Å². The van der Waals surface area contributed by atoms with Gasteiger partial charge in [-0.3, -0.25) is 14.9 Å². The molecule has 0 saturated heterocycles. The van der Waals surface area contributed by atoms with Crippen LogP contribution >= 0.6 is 23.2 Å². The Morgan fingerprint density at radius 1 is 1.03 bits per heavy atom. The number of ether oxygens (including phenoxy) is 1. The number of nitro groups is 1. The first-order valence-electron chi connectivity index (χ1n) is 9.27. The third-order valence-electron chi connectivity index (χ3n) is 4.36. The van der Waals surface area contributed by atoms with Gasteiger partial charge in [-0.2, -0.15) is 0 Å². The summed E-state index contributed by atoms with van der Waals surface area (Å²) in [6.07, 6.45) is 0. The molecule has 160 valence electrons. The zero-order chi connectivity index (χ0) is 22.4. The molecule has 0 aliphatic rings. The van der Waals surface area contributed by atoms with E-state index in [1.165, 1.54) is 12.1 Å². The minimum absolute atomic E-state index is 0.0120. The molecule has 1 amide bonds. The first-order valence-corrected chi connectivity index (χ1v) is 10.0. The van der Waals surface area contributed by atoms with Crippen molar-refractivity contribution in [2.24, 2.45) is 0 Å². The number of carbonyl (C=O) groups excluding carboxylic acids is 1. The summed E-state index contributed by atoms with van der Waals surface area (Å²) in [4.78, 5) is 22.5. The van der Waals surface area contributed by atoms with Crippen LogP contribution in [0.15, 0.2) is 60.7 Å². The molecule has 0 atom stereocenters. The zero-order valence-electron chi connectivity index (χ0n) is 16.5. The number of nitro benzene ring substituents is 1. The molecule has 0 aromatic heterocycles. The van der Waals surface area contributed by atoms with Gasteiger partial charge >= 0.3 is 0 Å². The van der Waals surface area contributed by atoms with Crippen LogP contribution in [0.5, 0.6) is 5.75 Å². The Hall–Kier alpha value is -3.29. The summed E-state index contributed by atoms with van der Waals surface area (Å²) in [6, 6.07) is 16.7. The topological polar surface area (TPSA) is 93.5 Å². The number of halogens is 2. The molecule has 3 aromatic carbocycles. The van der Waals surface area contributed by atoms with Gasteiger partial charge in [-0.25, -0.2) is 0 Å². The number of non-ortho nitro benzene ring substituents is 1. The predicted octanol–water partition coefficient (Wildman–Crippen LogP) is 5.84. The largest absolute Gasteiger partial charge is 0.482 e. The van der Waals surface area contributed by atoms with E-state index < -0.39 is 4.92 Å². The number of carbonyl (C=O) groups is 1. The van der Waals surface area contributed by atoms with E-state index in [0.717, 1.165) is 11.1 Å². The van der Waals surface area contributed by atoms with E-state index in [1.807, 2.05) is 13.0 Å². The summed E-state index contributed by atoms with van der Waals surface area (Å²) in [5, 5.41) is 17.6. The Morgan fingerprint density at radius 3 is 2.55 bits per heavy atom. The number of nitrogens with one attached hydrogen (secondary N) is 2. The lowest BCUT2D eigenvalue weighted by Gasteiger charge is -2.11. The van der Waals surface area contributed by atoms with Gasteiger partial charge in [-0.05, 0) is 48.4 Å². The third kappa shape index (κ3) is 6.34. The second-order valence-electron chi connectivity index (χ2n) is 6.73. The van der Waals surface area contributed by atoms with Gasteiger partial charge in [-0.15, -0.1) is 0 Å². The van der Waals surface area contributed by atoms with Gasteiger partial charge in [0.2, 0.25) is 0 Å². The van der Waals surface area contributed by atoms with E-state index in [4.69, 9.17) is 27.9 Å². The summed E-state index contributed by atoms with van der Waals surface area (Å²) >= 11 is 12.3. The maximum absolute atomic E-state index is 12.1. The molecule has 0 radical (unpaired) electrons. The molecule has 0 saturated carbocycles. The van der Waals surface area contributed by atoms with Crippen molar-refractivity contribution in [3.8, 4) is 5.75 Å². The van der Waals surface area contributed by atoms with Crippen LogP contribution in [0, 0.1) is 17.0 Å². The standard InChI is InChI=1S/C22H19Cl2N3O4/c1-14-5-7-17(11-19(14)23)26-22(28)13-31-21-8-6-15(9-20(21)24)12-25-16-3-2-4-18(10-16)27(29)30/h2-11,25H,12-13H2,1H3,(H,26,28). The molecule has 0 fully saturated rings. The average molecular weight is 460 g/mol. The number of hydrogen-bond donors (Lipinski definition) is 2. The summed E-state index contributed by atoms with van der Waals surface area (Å²) in [6.45, 7) is 2.08. The fourth-order valence-corrected chi connectivity index (χ4v) is 3.15. The Balaban J connectivity index is 1.54. The van der Waals surface area contributed by atoms with Crippen LogP contribution in [0.3, 0.4) is 0 Å².